The Labute approximate surface area is 181 Å². The summed E-state index contributed by atoms with van der Waals surface area (Å²) < 4.78 is 16.6. The number of hydrogen-bond donors (Lipinski definition) is 2. The molecule has 4 aromatic heterocycles. The molecule has 4 aromatic rings. The van der Waals surface area contributed by atoms with Crippen LogP contribution in [0.4, 0.5) is 4.39 Å². The molecule has 9 heteroatoms. The second kappa shape index (κ2) is 6.75. The van der Waals surface area contributed by atoms with Crippen LogP contribution in [0.1, 0.15) is 31.7 Å². The van der Waals surface area contributed by atoms with Crippen molar-refractivity contribution >= 4 is 39.6 Å². The van der Waals surface area contributed by atoms with E-state index in [9.17, 15) is 14.3 Å². The Bertz CT molecular complexity index is 1340. The van der Waals surface area contributed by atoms with E-state index in [1.54, 1.807) is 23.0 Å². The van der Waals surface area contributed by atoms with Gasteiger partial charge in [0.25, 0.3) is 0 Å². The molecule has 0 amide bonds. The number of nitrogens with one attached hydrogen (secondary N) is 1. The van der Waals surface area contributed by atoms with Crippen LogP contribution in [0.15, 0.2) is 30.9 Å². The average molecular weight is 440 g/mol. The number of carbonyl (C=O) groups is 1. The normalized spacial score (nSPS) is 25.5. The topological polar surface area (TPSA) is 96.7 Å². The first-order valence-electron chi connectivity index (χ1n) is 10.4. The number of aromatic nitrogens is 5. The Hall–Kier alpha value is -3.00. The number of aliphatic carboxylic acids is 1. The van der Waals surface area contributed by atoms with Crippen LogP contribution in [0.25, 0.3) is 33.5 Å². The van der Waals surface area contributed by atoms with Gasteiger partial charge < -0.3 is 14.7 Å². The van der Waals surface area contributed by atoms with Gasteiger partial charge in [-0.1, -0.05) is 11.6 Å². The molecule has 0 aromatic carbocycles. The Morgan fingerprint density at radius 1 is 1.16 bits per heavy atom. The van der Waals surface area contributed by atoms with Crippen LogP contribution in [0.5, 0.6) is 0 Å². The summed E-state index contributed by atoms with van der Waals surface area (Å²) in [4.78, 5) is 28.6. The number of nitrogens with zero attached hydrogens (tertiary/aromatic N) is 4. The summed E-state index contributed by atoms with van der Waals surface area (Å²) in [5.74, 6) is -1.04. The third kappa shape index (κ3) is 2.77. The molecular formula is C22H19ClFN5O2. The first-order chi connectivity index (χ1) is 15.0. The zero-order valence-electron chi connectivity index (χ0n) is 16.4. The first-order valence-corrected chi connectivity index (χ1v) is 10.8. The Kier molecular flexibility index (Phi) is 4.08. The fourth-order valence-electron chi connectivity index (χ4n) is 5.68. The van der Waals surface area contributed by atoms with Gasteiger partial charge in [0.15, 0.2) is 11.6 Å². The van der Waals surface area contributed by atoms with E-state index >= 15 is 0 Å². The highest BCUT2D eigenvalue weighted by atomic mass is 35.5. The number of aromatic amines is 1. The summed E-state index contributed by atoms with van der Waals surface area (Å²) in [5, 5.41) is 11.5. The average Bonchev–Trinajstić information content (AvgIpc) is 3.34. The zero-order valence-corrected chi connectivity index (χ0v) is 17.2. The molecule has 0 aliphatic heterocycles. The van der Waals surface area contributed by atoms with Gasteiger partial charge >= 0.3 is 5.97 Å². The molecule has 0 radical (unpaired) electrons. The molecule has 2 N–H and O–H groups in total. The summed E-state index contributed by atoms with van der Waals surface area (Å²) >= 11 is 6.12. The monoisotopic (exact) mass is 439 g/mol. The zero-order chi connectivity index (χ0) is 21.3. The van der Waals surface area contributed by atoms with E-state index < -0.39 is 17.7 Å². The summed E-state index contributed by atoms with van der Waals surface area (Å²) in [7, 11) is 0. The highest BCUT2D eigenvalue weighted by Crippen LogP contribution is 2.52. The molecule has 31 heavy (non-hydrogen) atoms. The number of H-pyrrole nitrogens is 1. The van der Waals surface area contributed by atoms with E-state index in [-0.39, 0.29) is 17.9 Å². The molecule has 3 saturated carbocycles. The van der Waals surface area contributed by atoms with Crippen molar-refractivity contribution in [2.45, 2.75) is 31.7 Å². The van der Waals surface area contributed by atoms with E-state index in [0.717, 1.165) is 31.1 Å². The van der Waals surface area contributed by atoms with Crippen molar-refractivity contribution in [2.24, 2.45) is 17.8 Å². The number of carboxylic acids is 1. The highest BCUT2D eigenvalue weighted by molar-refractivity contribution is 6.31. The van der Waals surface area contributed by atoms with Crippen molar-refractivity contribution in [2.75, 3.05) is 0 Å². The van der Waals surface area contributed by atoms with E-state index in [1.807, 2.05) is 0 Å². The van der Waals surface area contributed by atoms with Crippen LogP contribution >= 0.6 is 11.6 Å². The van der Waals surface area contributed by atoms with Gasteiger partial charge in [0.05, 0.1) is 22.4 Å². The number of pyridine rings is 1. The maximum atomic E-state index is 14.8. The third-order valence-corrected chi connectivity index (χ3v) is 7.25. The van der Waals surface area contributed by atoms with Crippen LogP contribution < -0.4 is 0 Å². The minimum atomic E-state index is -0.812. The van der Waals surface area contributed by atoms with Crippen LogP contribution in [0.2, 0.25) is 5.02 Å². The summed E-state index contributed by atoms with van der Waals surface area (Å²) in [6, 6.07) is 1.47. The van der Waals surface area contributed by atoms with Crippen LogP contribution in [0, 0.1) is 23.6 Å². The largest absolute Gasteiger partial charge is 0.481 e. The van der Waals surface area contributed by atoms with Crippen molar-refractivity contribution < 1.29 is 14.3 Å². The molecule has 2 bridgehead atoms. The Balaban J connectivity index is 1.53. The van der Waals surface area contributed by atoms with E-state index in [4.69, 9.17) is 16.6 Å². The van der Waals surface area contributed by atoms with Crippen molar-refractivity contribution in [1.29, 1.82) is 0 Å². The molecule has 7 nitrogen and oxygen atoms in total. The van der Waals surface area contributed by atoms with Gasteiger partial charge in [-0.25, -0.2) is 19.3 Å². The minimum absolute atomic E-state index is 0.121. The molecule has 4 heterocycles. The van der Waals surface area contributed by atoms with Gasteiger partial charge in [0, 0.05) is 35.7 Å². The van der Waals surface area contributed by atoms with Gasteiger partial charge in [0.1, 0.15) is 11.3 Å². The van der Waals surface area contributed by atoms with Crippen molar-refractivity contribution in [3.8, 4) is 11.4 Å². The van der Waals surface area contributed by atoms with Gasteiger partial charge in [-0.05, 0) is 43.6 Å². The Morgan fingerprint density at radius 3 is 2.71 bits per heavy atom. The number of hydrogen-bond acceptors (Lipinski definition) is 4. The third-order valence-electron chi connectivity index (χ3n) is 7.04. The van der Waals surface area contributed by atoms with Gasteiger partial charge in [-0.3, -0.25) is 4.79 Å². The van der Waals surface area contributed by atoms with Gasteiger partial charge in [-0.2, -0.15) is 0 Å². The number of carboxylic acid groups (broad SMARTS) is 1. The SMILES string of the molecule is O=C(O)[C@H]1C2CCC(CC2)C1n1cc(F)c2cnc(-c3c[nH]c4ncc(Cl)cc34)nc21. The smallest absolute Gasteiger partial charge is 0.308 e. The summed E-state index contributed by atoms with van der Waals surface area (Å²) in [6.45, 7) is 0. The van der Waals surface area contributed by atoms with Crippen LogP contribution in [-0.4, -0.2) is 35.6 Å². The molecule has 3 fully saturated rings. The minimum Gasteiger partial charge on any atom is -0.481 e. The first kappa shape index (κ1) is 18.7. The quantitative estimate of drug-likeness (QED) is 0.476. The second-order valence-corrected chi connectivity index (χ2v) is 9.03. The summed E-state index contributed by atoms with van der Waals surface area (Å²) in [5.41, 5.74) is 1.79. The molecule has 7 rings (SSSR count). The van der Waals surface area contributed by atoms with E-state index in [1.165, 1.54) is 12.4 Å². The lowest BCUT2D eigenvalue weighted by Gasteiger charge is -2.47. The van der Waals surface area contributed by atoms with Crippen LogP contribution in [-0.2, 0) is 4.79 Å². The Morgan fingerprint density at radius 2 is 1.94 bits per heavy atom. The predicted molar refractivity (Wildman–Crippen MR) is 113 cm³/mol. The molecular weight excluding hydrogens is 421 g/mol. The molecule has 0 saturated heterocycles. The fourth-order valence-corrected chi connectivity index (χ4v) is 5.83. The fraction of sp³-hybridized carbons (Fsp3) is 0.364. The van der Waals surface area contributed by atoms with Crippen LogP contribution in [0.3, 0.4) is 0 Å². The highest BCUT2D eigenvalue weighted by Gasteiger charge is 2.48. The maximum absolute atomic E-state index is 14.8. The van der Waals surface area contributed by atoms with Crippen molar-refractivity contribution in [3.63, 3.8) is 0 Å². The second-order valence-electron chi connectivity index (χ2n) is 8.60. The summed E-state index contributed by atoms with van der Waals surface area (Å²) in [6.07, 6.45) is 9.94. The maximum Gasteiger partial charge on any atom is 0.308 e. The lowest BCUT2D eigenvalue weighted by Crippen LogP contribution is -2.44. The predicted octanol–water partition coefficient (Wildman–Crippen LogP) is 4.83. The lowest BCUT2D eigenvalue weighted by atomic mass is 9.61. The molecule has 0 spiro atoms. The lowest BCUT2D eigenvalue weighted by molar-refractivity contribution is -0.151. The molecule has 3 aliphatic carbocycles. The standard InChI is InChI=1S/C22H19ClFN5O2/c23-12-5-13-14(7-26-19(13)25-6-12)20-27-8-15-16(24)9-29(21(15)28-20)18-11-3-1-10(2-4-11)17(18)22(30)31/h5-11,17-18H,1-4H2,(H,25,26)(H,30,31)/t10?,11?,17-,18?/m0/s1. The van der Waals surface area contributed by atoms with E-state index in [0.29, 0.717) is 33.1 Å². The molecule has 2 atom stereocenters. The number of rotatable bonds is 3. The van der Waals surface area contributed by atoms with Crippen molar-refractivity contribution in [1.82, 2.24) is 24.5 Å². The van der Waals surface area contributed by atoms with Gasteiger partial charge in [-0.15, -0.1) is 0 Å². The number of halogens is 2. The van der Waals surface area contributed by atoms with Crippen molar-refractivity contribution in [3.05, 3.63) is 41.7 Å². The molecule has 1 unspecified atom stereocenters. The van der Waals surface area contributed by atoms with E-state index in [2.05, 4.69) is 15.0 Å². The van der Waals surface area contributed by atoms with Gasteiger partial charge in [0.2, 0.25) is 0 Å². The molecule has 158 valence electrons. The number of fused-ring (bicyclic) bond motifs is 5. The molecule has 3 aliphatic rings.